The van der Waals surface area contributed by atoms with E-state index in [1.165, 1.54) is 44.2 Å². The fourth-order valence-corrected chi connectivity index (χ4v) is 4.53. The number of phosphoric acid groups is 1. The predicted octanol–water partition coefficient (Wildman–Crippen LogP) is 5.15. The number of anilines is 1. The van der Waals surface area contributed by atoms with Gasteiger partial charge in [-0.05, 0) is 43.4 Å². The number of carbonyl (C=O) groups excluding carboxylic acids is 1. The number of hydrogen-bond donors (Lipinski definition) is 4. The number of halogens is 3. The van der Waals surface area contributed by atoms with Crippen LogP contribution in [0.15, 0.2) is 18.2 Å². The molecule has 11 heteroatoms. The van der Waals surface area contributed by atoms with Gasteiger partial charge in [-0.1, -0.05) is 57.4 Å². The number of unbranched alkanes of at least 4 members (excludes halogenated alkanes) is 2. The third-order valence-electron chi connectivity index (χ3n) is 6.01. The van der Waals surface area contributed by atoms with Crippen LogP contribution in [0.3, 0.4) is 0 Å². The highest BCUT2D eigenvalue weighted by Crippen LogP contribution is 2.37. The van der Waals surface area contributed by atoms with Gasteiger partial charge in [0.25, 0.3) is 0 Å². The van der Waals surface area contributed by atoms with E-state index in [2.05, 4.69) is 9.84 Å². The number of nitrogens with two attached hydrogens (primary N) is 1. The van der Waals surface area contributed by atoms with Crippen LogP contribution >= 0.6 is 7.82 Å². The second-order valence-corrected chi connectivity index (χ2v) is 10.3. The average molecular weight is 494 g/mol. The van der Waals surface area contributed by atoms with Gasteiger partial charge in [0.1, 0.15) is 5.54 Å². The summed E-state index contributed by atoms with van der Waals surface area (Å²) in [5.74, 6) is -0.174. The Balaban J connectivity index is 1.95. The summed E-state index contributed by atoms with van der Waals surface area (Å²) < 4.78 is 56.0. The van der Waals surface area contributed by atoms with Crippen LogP contribution in [0.25, 0.3) is 0 Å². The van der Waals surface area contributed by atoms with Gasteiger partial charge in [-0.2, -0.15) is 13.2 Å². The molecule has 0 spiro atoms. The second-order valence-electron chi connectivity index (χ2n) is 9.11. The van der Waals surface area contributed by atoms with E-state index in [-0.39, 0.29) is 11.3 Å². The Kier molecular flexibility index (Phi) is 9.94. The van der Waals surface area contributed by atoms with Gasteiger partial charge in [0.15, 0.2) is 0 Å². The zero-order valence-corrected chi connectivity index (χ0v) is 19.8. The number of hydrogen-bond acceptors (Lipinski definition) is 4. The highest BCUT2D eigenvalue weighted by Gasteiger charge is 2.35. The quantitative estimate of drug-likeness (QED) is 0.249. The third-order valence-corrected chi connectivity index (χ3v) is 6.47. The molecule has 1 saturated carbocycles. The molecule has 0 unspecified atom stereocenters. The van der Waals surface area contributed by atoms with Crippen LogP contribution in [-0.4, -0.2) is 27.8 Å². The number of carbonyl (C=O) groups is 1. The predicted molar refractivity (Wildman–Crippen MR) is 119 cm³/mol. The van der Waals surface area contributed by atoms with Gasteiger partial charge >= 0.3 is 14.0 Å². The molecule has 33 heavy (non-hydrogen) atoms. The summed E-state index contributed by atoms with van der Waals surface area (Å²) in [7, 11) is -4.85. The van der Waals surface area contributed by atoms with Gasteiger partial charge < -0.3 is 20.8 Å². The van der Waals surface area contributed by atoms with Crippen LogP contribution in [0.4, 0.5) is 18.9 Å². The summed E-state index contributed by atoms with van der Waals surface area (Å²) in [6.07, 6.45) is 5.78. The second kappa shape index (κ2) is 11.8. The van der Waals surface area contributed by atoms with E-state index >= 15 is 0 Å². The normalized spacial score (nSPS) is 17.5. The minimum atomic E-state index is -4.85. The Morgan fingerprint density at radius 1 is 1.18 bits per heavy atom. The maximum Gasteiger partial charge on any atom is 0.469 e. The average Bonchev–Trinajstić information content (AvgIpc) is 2.72. The molecule has 0 heterocycles. The van der Waals surface area contributed by atoms with Crippen LogP contribution in [-0.2, 0) is 26.5 Å². The summed E-state index contributed by atoms with van der Waals surface area (Å²) in [5, 5.41) is 2.27. The number of nitrogens with one attached hydrogen (secondary N) is 1. The van der Waals surface area contributed by atoms with Gasteiger partial charge in [-0.3, -0.25) is 9.32 Å². The first-order valence-corrected chi connectivity index (χ1v) is 12.8. The van der Waals surface area contributed by atoms with Crippen LogP contribution in [0, 0.1) is 5.92 Å². The number of amides is 1. The van der Waals surface area contributed by atoms with Gasteiger partial charge in [0, 0.05) is 5.69 Å². The van der Waals surface area contributed by atoms with E-state index in [0.29, 0.717) is 12.8 Å². The van der Waals surface area contributed by atoms with Crippen molar-refractivity contribution in [1.82, 2.24) is 0 Å². The van der Waals surface area contributed by atoms with Crippen molar-refractivity contribution >= 4 is 19.4 Å². The standard InChI is InChI=1S/C22H34F3N2O5P/c1-21(26,15-32-33(29,30)31)20(28)27-18-13-12-17(19(14-18)22(23,24)25)11-7-3-6-10-16-8-4-2-5-9-16/h12-14,16H,2-11,15,26H2,1H3,(H,27,28)(H2,29,30,31)/t21-/m0/s1. The monoisotopic (exact) mass is 494 g/mol. The van der Waals surface area contributed by atoms with Crippen molar-refractivity contribution in [2.45, 2.75) is 82.8 Å². The van der Waals surface area contributed by atoms with Crippen molar-refractivity contribution in [3.8, 4) is 0 Å². The van der Waals surface area contributed by atoms with Gasteiger partial charge in [-0.25, -0.2) is 4.57 Å². The largest absolute Gasteiger partial charge is 0.469 e. The number of phosphoric ester groups is 1. The van der Waals surface area contributed by atoms with Crippen LogP contribution < -0.4 is 11.1 Å². The lowest BCUT2D eigenvalue weighted by atomic mass is 9.85. The lowest BCUT2D eigenvalue weighted by molar-refractivity contribution is -0.138. The molecule has 0 aliphatic heterocycles. The molecule has 1 amide bonds. The Bertz CT molecular complexity index is 836. The molecule has 7 nitrogen and oxygen atoms in total. The summed E-state index contributed by atoms with van der Waals surface area (Å²) in [4.78, 5) is 29.8. The van der Waals surface area contributed by atoms with Gasteiger partial charge in [0.2, 0.25) is 5.91 Å². The van der Waals surface area contributed by atoms with Gasteiger partial charge in [-0.15, -0.1) is 0 Å². The van der Waals surface area contributed by atoms with Crippen molar-refractivity contribution in [3.05, 3.63) is 29.3 Å². The molecular formula is C22H34F3N2O5P. The first kappa shape index (κ1) is 27.8. The number of alkyl halides is 3. The van der Waals surface area contributed by atoms with E-state index in [9.17, 15) is 22.5 Å². The molecule has 1 atom stereocenters. The number of benzene rings is 1. The topological polar surface area (TPSA) is 122 Å². The van der Waals surface area contributed by atoms with Crippen molar-refractivity contribution in [2.75, 3.05) is 11.9 Å². The van der Waals surface area contributed by atoms with Crippen molar-refractivity contribution in [2.24, 2.45) is 11.7 Å². The minimum Gasteiger partial charge on any atom is -0.324 e. The maximum atomic E-state index is 13.6. The first-order chi connectivity index (χ1) is 15.3. The SMILES string of the molecule is C[C@](N)(COP(=O)(O)O)C(=O)Nc1ccc(CCCCCC2CCCCC2)c(C(F)(F)F)c1. The molecule has 0 bridgehead atoms. The van der Waals surface area contributed by atoms with Gasteiger partial charge in [0.05, 0.1) is 12.2 Å². The smallest absolute Gasteiger partial charge is 0.324 e. The molecule has 5 N–H and O–H groups in total. The van der Waals surface area contributed by atoms with E-state index in [4.69, 9.17) is 15.5 Å². The fourth-order valence-electron chi connectivity index (χ4n) is 4.09. The van der Waals surface area contributed by atoms with Crippen LogP contribution in [0.5, 0.6) is 0 Å². The molecule has 0 radical (unpaired) electrons. The molecule has 0 saturated heterocycles. The highest BCUT2D eigenvalue weighted by atomic mass is 31.2. The lowest BCUT2D eigenvalue weighted by Crippen LogP contribution is -2.52. The van der Waals surface area contributed by atoms with Crippen molar-refractivity contribution < 1.29 is 36.8 Å². The molecule has 1 aliphatic carbocycles. The number of aryl methyl sites for hydroxylation is 1. The summed E-state index contributed by atoms with van der Waals surface area (Å²) >= 11 is 0. The summed E-state index contributed by atoms with van der Waals surface area (Å²) in [6, 6.07) is 3.57. The third kappa shape index (κ3) is 9.74. The molecule has 188 valence electrons. The maximum absolute atomic E-state index is 13.6. The zero-order chi connectivity index (χ0) is 24.7. The molecule has 2 rings (SSSR count). The van der Waals surface area contributed by atoms with Crippen molar-refractivity contribution in [3.63, 3.8) is 0 Å². The Hall–Kier alpha value is -1.45. The molecule has 0 aromatic heterocycles. The highest BCUT2D eigenvalue weighted by molar-refractivity contribution is 7.46. The Morgan fingerprint density at radius 2 is 1.85 bits per heavy atom. The molecule has 1 fully saturated rings. The molecular weight excluding hydrogens is 460 g/mol. The number of rotatable bonds is 11. The van der Waals surface area contributed by atoms with E-state index in [0.717, 1.165) is 38.2 Å². The molecule has 1 aliphatic rings. The zero-order valence-electron chi connectivity index (χ0n) is 18.9. The summed E-state index contributed by atoms with van der Waals surface area (Å²) in [6.45, 7) is 0.346. The van der Waals surface area contributed by atoms with Crippen molar-refractivity contribution in [1.29, 1.82) is 0 Å². The lowest BCUT2D eigenvalue weighted by Gasteiger charge is -2.24. The first-order valence-electron chi connectivity index (χ1n) is 11.3. The van der Waals surface area contributed by atoms with Crippen LogP contribution in [0.2, 0.25) is 0 Å². The van der Waals surface area contributed by atoms with E-state index in [1.54, 1.807) is 0 Å². The Morgan fingerprint density at radius 3 is 2.45 bits per heavy atom. The molecule has 1 aromatic carbocycles. The fraction of sp³-hybridized carbons (Fsp3) is 0.682. The summed E-state index contributed by atoms with van der Waals surface area (Å²) in [5.41, 5.74) is 3.08. The van der Waals surface area contributed by atoms with E-state index < -0.39 is 37.6 Å². The Labute approximate surface area is 192 Å². The molecule has 1 aromatic rings. The minimum absolute atomic E-state index is 0.110. The van der Waals surface area contributed by atoms with Crippen LogP contribution in [0.1, 0.15) is 75.8 Å². The van der Waals surface area contributed by atoms with E-state index in [1.807, 2.05) is 0 Å².